The second-order valence-corrected chi connectivity index (χ2v) is 4.46. The minimum absolute atomic E-state index is 0.0503. The molecule has 0 spiro atoms. The summed E-state index contributed by atoms with van der Waals surface area (Å²) in [6, 6.07) is 1.60. The summed E-state index contributed by atoms with van der Waals surface area (Å²) < 4.78 is 97.4. The molecule has 0 bridgehead atoms. The van der Waals surface area contributed by atoms with Gasteiger partial charge in [0, 0.05) is 0 Å². The van der Waals surface area contributed by atoms with Crippen molar-refractivity contribution < 1.29 is 40.2 Å². The molecule has 0 saturated heterocycles. The molecule has 9 heteroatoms. The van der Waals surface area contributed by atoms with Gasteiger partial charge in [0.15, 0.2) is 18.1 Å². The number of hydrogen-bond acceptors (Lipinski definition) is 2. The predicted octanol–water partition coefficient (Wildman–Crippen LogP) is 4.89. The van der Waals surface area contributed by atoms with Crippen molar-refractivity contribution in [3.8, 4) is 11.5 Å². The molecule has 0 saturated carbocycles. The van der Waals surface area contributed by atoms with Crippen molar-refractivity contribution in [3.05, 3.63) is 36.4 Å². The molecule has 1 aromatic carbocycles. The van der Waals surface area contributed by atoms with Gasteiger partial charge in [0.05, 0.1) is 6.61 Å². The third-order valence-electron chi connectivity index (χ3n) is 2.65. The zero-order chi connectivity index (χ0) is 17.7. The molecule has 0 fully saturated rings. The van der Waals surface area contributed by atoms with Crippen molar-refractivity contribution in [2.45, 2.75) is 24.9 Å². The first kappa shape index (κ1) is 19.1. The Morgan fingerprint density at radius 3 is 1.96 bits per heavy atom. The molecular weight excluding hydrogens is 333 g/mol. The largest absolute Gasteiger partial charge is 0.490 e. The molecule has 1 rings (SSSR count). The minimum Gasteiger partial charge on any atom is -0.490 e. The quantitative estimate of drug-likeness (QED) is 0.379. The highest BCUT2D eigenvalue weighted by molar-refractivity contribution is 5.35. The van der Waals surface area contributed by atoms with Crippen LogP contribution in [0, 0.1) is 11.6 Å². The van der Waals surface area contributed by atoms with E-state index in [0.29, 0.717) is 18.9 Å². The van der Waals surface area contributed by atoms with Gasteiger partial charge >= 0.3 is 12.1 Å². The van der Waals surface area contributed by atoms with Crippen molar-refractivity contribution in [1.29, 1.82) is 0 Å². The smallest absolute Gasteiger partial charge is 0.456 e. The molecular formula is C14H13F7O2. The Hall–Kier alpha value is -1.93. The molecule has 0 radical (unpaired) electrons. The third-order valence-corrected chi connectivity index (χ3v) is 2.65. The van der Waals surface area contributed by atoms with Crippen molar-refractivity contribution in [2.24, 2.45) is 0 Å². The third kappa shape index (κ3) is 5.04. The van der Waals surface area contributed by atoms with E-state index in [1.54, 1.807) is 6.08 Å². The van der Waals surface area contributed by atoms with E-state index in [2.05, 4.69) is 11.3 Å². The van der Waals surface area contributed by atoms with Gasteiger partial charge < -0.3 is 9.47 Å². The lowest BCUT2D eigenvalue weighted by molar-refractivity contribution is -0.290. The van der Waals surface area contributed by atoms with Gasteiger partial charge in [-0.3, -0.25) is 0 Å². The van der Waals surface area contributed by atoms with E-state index in [1.807, 2.05) is 0 Å². The first-order valence-electron chi connectivity index (χ1n) is 6.39. The Balaban J connectivity index is 2.75. The molecule has 0 unspecified atom stereocenters. The minimum atomic E-state index is -5.85. The van der Waals surface area contributed by atoms with Gasteiger partial charge in [0.2, 0.25) is 11.6 Å². The van der Waals surface area contributed by atoms with Crippen molar-refractivity contribution in [3.63, 3.8) is 0 Å². The van der Waals surface area contributed by atoms with Crippen LogP contribution in [0.3, 0.4) is 0 Å². The Labute approximate surface area is 127 Å². The number of ether oxygens (including phenoxy) is 2. The molecule has 0 N–H and O–H groups in total. The van der Waals surface area contributed by atoms with Gasteiger partial charge in [-0.15, -0.1) is 6.58 Å². The van der Waals surface area contributed by atoms with E-state index in [-0.39, 0.29) is 6.61 Å². The van der Waals surface area contributed by atoms with Crippen LogP contribution in [0.4, 0.5) is 30.7 Å². The fourth-order valence-electron chi connectivity index (χ4n) is 1.40. The molecule has 0 amide bonds. The first-order chi connectivity index (χ1) is 10.6. The lowest BCUT2D eigenvalue weighted by Crippen LogP contribution is -2.41. The number of alkyl halides is 5. The molecule has 0 aliphatic rings. The standard InChI is InChI=1S/C14H13F7O2/c1-2-3-4-7-22-9-5-6-10(12(16)11(9)15)23-8-13(17,18)14(19,20)21/h2,5-6H,1,3-4,7-8H2. The number of rotatable bonds is 8. The zero-order valence-electron chi connectivity index (χ0n) is 11.7. The summed E-state index contributed by atoms with van der Waals surface area (Å²) in [6.07, 6.45) is -3.19. The lowest BCUT2D eigenvalue weighted by atomic mass is 10.3. The Morgan fingerprint density at radius 2 is 1.48 bits per heavy atom. The van der Waals surface area contributed by atoms with Crippen molar-refractivity contribution in [1.82, 2.24) is 0 Å². The SMILES string of the molecule is C=CCCCOc1ccc(OCC(F)(F)C(F)(F)F)c(F)c1F. The van der Waals surface area contributed by atoms with E-state index in [4.69, 9.17) is 4.74 Å². The maximum Gasteiger partial charge on any atom is 0.456 e. The highest BCUT2D eigenvalue weighted by atomic mass is 19.4. The van der Waals surface area contributed by atoms with Crippen LogP contribution in [0.2, 0.25) is 0 Å². The maximum absolute atomic E-state index is 13.6. The zero-order valence-corrected chi connectivity index (χ0v) is 11.7. The molecule has 0 heterocycles. The summed E-state index contributed by atoms with van der Waals surface area (Å²) in [4.78, 5) is 0. The van der Waals surface area contributed by atoms with Gasteiger partial charge in [-0.2, -0.15) is 30.7 Å². The number of unbranched alkanes of at least 4 members (excludes halogenated alkanes) is 1. The number of benzene rings is 1. The van der Waals surface area contributed by atoms with Crippen molar-refractivity contribution in [2.75, 3.05) is 13.2 Å². The van der Waals surface area contributed by atoms with Gasteiger partial charge in [0.25, 0.3) is 0 Å². The molecule has 0 aromatic heterocycles. The second-order valence-electron chi connectivity index (χ2n) is 4.46. The summed E-state index contributed by atoms with van der Waals surface area (Å²) in [5.41, 5.74) is 0. The fourth-order valence-corrected chi connectivity index (χ4v) is 1.40. The topological polar surface area (TPSA) is 18.5 Å². The Bertz CT molecular complexity index is 541. The summed E-state index contributed by atoms with van der Waals surface area (Å²) in [5, 5.41) is 0. The van der Waals surface area contributed by atoms with Crippen LogP contribution in [0.5, 0.6) is 11.5 Å². The monoisotopic (exact) mass is 346 g/mol. The molecule has 0 aliphatic carbocycles. The normalized spacial score (nSPS) is 12.1. The maximum atomic E-state index is 13.6. The van der Waals surface area contributed by atoms with Gasteiger partial charge in [-0.1, -0.05) is 6.08 Å². The van der Waals surface area contributed by atoms with Crippen LogP contribution in [-0.2, 0) is 0 Å². The second kappa shape index (κ2) is 7.56. The first-order valence-corrected chi connectivity index (χ1v) is 6.39. The van der Waals surface area contributed by atoms with E-state index >= 15 is 0 Å². The van der Waals surface area contributed by atoms with Crippen LogP contribution in [0.1, 0.15) is 12.8 Å². The summed E-state index contributed by atoms with van der Waals surface area (Å²) in [5.74, 6) is -9.98. The molecule has 2 nitrogen and oxygen atoms in total. The van der Waals surface area contributed by atoms with Gasteiger partial charge in [0.1, 0.15) is 0 Å². The van der Waals surface area contributed by atoms with Gasteiger partial charge in [-0.05, 0) is 25.0 Å². The summed E-state index contributed by atoms with van der Waals surface area (Å²) >= 11 is 0. The average molecular weight is 346 g/mol. The number of halogens is 7. The van der Waals surface area contributed by atoms with Crippen LogP contribution >= 0.6 is 0 Å². The lowest BCUT2D eigenvalue weighted by Gasteiger charge is -2.20. The molecule has 130 valence electrons. The van der Waals surface area contributed by atoms with Crippen LogP contribution in [0.25, 0.3) is 0 Å². The van der Waals surface area contributed by atoms with Crippen LogP contribution in [0.15, 0.2) is 24.8 Å². The van der Waals surface area contributed by atoms with Gasteiger partial charge in [-0.25, -0.2) is 0 Å². The van der Waals surface area contributed by atoms with Crippen LogP contribution < -0.4 is 9.47 Å². The van der Waals surface area contributed by atoms with E-state index in [1.165, 1.54) is 0 Å². The molecule has 23 heavy (non-hydrogen) atoms. The number of allylic oxidation sites excluding steroid dienone is 1. The highest BCUT2D eigenvalue weighted by Crippen LogP contribution is 2.36. The predicted molar refractivity (Wildman–Crippen MR) is 67.8 cm³/mol. The fraction of sp³-hybridized carbons (Fsp3) is 0.429. The highest BCUT2D eigenvalue weighted by Gasteiger charge is 2.58. The average Bonchev–Trinajstić information content (AvgIpc) is 2.45. The number of hydrogen-bond donors (Lipinski definition) is 0. The van der Waals surface area contributed by atoms with E-state index < -0.39 is 41.8 Å². The molecule has 0 atom stereocenters. The van der Waals surface area contributed by atoms with Crippen molar-refractivity contribution >= 4 is 0 Å². The summed E-state index contributed by atoms with van der Waals surface area (Å²) in [6.45, 7) is 1.35. The Morgan fingerprint density at radius 1 is 0.957 bits per heavy atom. The van der Waals surface area contributed by atoms with E-state index in [0.717, 1.165) is 6.07 Å². The van der Waals surface area contributed by atoms with E-state index in [9.17, 15) is 30.7 Å². The molecule has 0 aliphatic heterocycles. The van der Waals surface area contributed by atoms with Crippen LogP contribution in [-0.4, -0.2) is 25.3 Å². The Kier molecular flexibility index (Phi) is 6.28. The molecule has 1 aromatic rings. The summed E-state index contributed by atoms with van der Waals surface area (Å²) in [7, 11) is 0.